The summed E-state index contributed by atoms with van der Waals surface area (Å²) < 4.78 is -1.73. The molecule has 2 aromatic carbocycles. The lowest BCUT2D eigenvalue weighted by atomic mass is 9.87. The Bertz CT molecular complexity index is 806. The van der Waals surface area contributed by atoms with Crippen molar-refractivity contribution in [2.75, 3.05) is 5.32 Å². The average Bonchev–Trinajstić information content (AvgIpc) is 2.56. The molecule has 0 aliphatic rings. The van der Waals surface area contributed by atoms with E-state index in [9.17, 15) is 4.79 Å². The molecular weight excluding hydrogens is 403 g/mol. The summed E-state index contributed by atoms with van der Waals surface area (Å²) in [4.78, 5) is 12.7. The van der Waals surface area contributed by atoms with Gasteiger partial charge in [-0.15, -0.1) is 0 Å². The summed E-state index contributed by atoms with van der Waals surface area (Å²) in [6, 6.07) is 13.4. The maximum atomic E-state index is 12.7. The summed E-state index contributed by atoms with van der Waals surface area (Å²) in [5.74, 6) is -0.315. The van der Waals surface area contributed by atoms with Crippen LogP contribution in [0, 0.1) is 13.8 Å². The molecule has 0 aromatic heterocycles. The van der Waals surface area contributed by atoms with Crippen LogP contribution < -0.4 is 10.6 Å². The Morgan fingerprint density at radius 2 is 1.56 bits per heavy atom. The van der Waals surface area contributed by atoms with E-state index >= 15 is 0 Å². The predicted octanol–water partition coefficient (Wildman–Crippen LogP) is 6.14. The zero-order valence-electron chi connectivity index (χ0n) is 16.2. The van der Waals surface area contributed by atoms with E-state index in [4.69, 9.17) is 34.8 Å². The molecule has 0 heterocycles. The molecule has 2 rings (SSSR count). The normalized spacial score (nSPS) is 13.2. The molecule has 0 saturated carbocycles. The summed E-state index contributed by atoms with van der Waals surface area (Å²) in [5, 5.41) is 5.92. The number of carbonyl (C=O) groups is 1. The lowest BCUT2D eigenvalue weighted by molar-refractivity contribution is 0.0941. The highest BCUT2D eigenvalue weighted by Crippen LogP contribution is 2.32. The van der Waals surface area contributed by atoms with Crippen molar-refractivity contribution in [3.8, 4) is 0 Å². The minimum Gasteiger partial charge on any atom is -0.362 e. The smallest absolute Gasteiger partial charge is 0.252 e. The van der Waals surface area contributed by atoms with Crippen LogP contribution >= 0.6 is 34.8 Å². The quantitative estimate of drug-likeness (QED) is 0.454. The molecule has 0 radical (unpaired) electrons. The van der Waals surface area contributed by atoms with Crippen LogP contribution in [0.3, 0.4) is 0 Å². The number of anilines is 1. The molecule has 0 bridgehead atoms. The lowest BCUT2D eigenvalue weighted by Gasteiger charge is -2.28. The van der Waals surface area contributed by atoms with Gasteiger partial charge in [0, 0.05) is 11.3 Å². The molecular formula is C21H25Cl3N2O. The van der Waals surface area contributed by atoms with Crippen molar-refractivity contribution in [3.63, 3.8) is 0 Å². The van der Waals surface area contributed by atoms with Crippen LogP contribution in [-0.2, 0) is 5.41 Å². The molecule has 1 atom stereocenters. The molecule has 2 aromatic rings. The molecule has 146 valence electrons. The molecule has 0 aliphatic heterocycles. The maximum absolute atomic E-state index is 12.7. The highest BCUT2D eigenvalue weighted by Gasteiger charge is 2.34. The van der Waals surface area contributed by atoms with Gasteiger partial charge in [-0.05, 0) is 54.2 Å². The predicted molar refractivity (Wildman–Crippen MR) is 116 cm³/mol. The van der Waals surface area contributed by atoms with E-state index in [1.165, 1.54) is 0 Å². The maximum Gasteiger partial charge on any atom is 0.252 e. The van der Waals surface area contributed by atoms with Crippen molar-refractivity contribution in [2.45, 2.75) is 50.0 Å². The Morgan fingerprint density at radius 3 is 2.07 bits per heavy atom. The van der Waals surface area contributed by atoms with Gasteiger partial charge in [0.1, 0.15) is 6.17 Å². The van der Waals surface area contributed by atoms with Gasteiger partial charge in [0.2, 0.25) is 3.79 Å². The monoisotopic (exact) mass is 426 g/mol. The first-order chi connectivity index (χ1) is 12.4. The van der Waals surface area contributed by atoms with Gasteiger partial charge >= 0.3 is 0 Å². The molecule has 0 saturated heterocycles. The molecule has 0 unspecified atom stereocenters. The Balaban J connectivity index is 2.21. The average molecular weight is 428 g/mol. The largest absolute Gasteiger partial charge is 0.362 e. The van der Waals surface area contributed by atoms with E-state index in [-0.39, 0.29) is 11.3 Å². The van der Waals surface area contributed by atoms with E-state index in [1.807, 2.05) is 44.2 Å². The summed E-state index contributed by atoms with van der Waals surface area (Å²) in [7, 11) is 0. The number of alkyl halides is 3. The Labute approximate surface area is 176 Å². The number of halogens is 3. The standard InChI is InChI=1S/C21H25Cl3N2O/c1-13-6-7-14(2)17(12-13)25-19(21(22,23)24)26-18(27)15-8-10-16(11-9-15)20(3,4)5/h6-12,19,25H,1-5H3,(H,26,27)/t19-/m0/s1. The summed E-state index contributed by atoms with van der Waals surface area (Å²) >= 11 is 18.3. The van der Waals surface area contributed by atoms with E-state index in [2.05, 4.69) is 31.4 Å². The van der Waals surface area contributed by atoms with Crippen LogP contribution in [0.15, 0.2) is 42.5 Å². The van der Waals surface area contributed by atoms with Crippen molar-refractivity contribution in [1.29, 1.82) is 0 Å². The van der Waals surface area contributed by atoms with Crippen molar-refractivity contribution in [2.24, 2.45) is 0 Å². The van der Waals surface area contributed by atoms with Crippen LogP contribution in [0.25, 0.3) is 0 Å². The van der Waals surface area contributed by atoms with E-state index in [1.54, 1.807) is 12.1 Å². The number of carbonyl (C=O) groups excluding carboxylic acids is 1. The fraction of sp³-hybridized carbons (Fsp3) is 0.381. The van der Waals surface area contributed by atoms with E-state index in [0.29, 0.717) is 5.56 Å². The zero-order chi connectivity index (χ0) is 20.4. The second-order valence-electron chi connectivity index (χ2n) is 7.74. The minimum absolute atomic E-state index is 0.0133. The molecule has 1 amide bonds. The number of hydrogen-bond donors (Lipinski definition) is 2. The highest BCUT2D eigenvalue weighted by molar-refractivity contribution is 6.68. The molecule has 6 heteroatoms. The highest BCUT2D eigenvalue weighted by atomic mass is 35.6. The van der Waals surface area contributed by atoms with Gasteiger partial charge in [0.25, 0.3) is 5.91 Å². The number of hydrogen-bond acceptors (Lipinski definition) is 2. The summed E-state index contributed by atoms with van der Waals surface area (Å²) in [5.41, 5.74) is 4.52. The molecule has 2 N–H and O–H groups in total. The lowest BCUT2D eigenvalue weighted by Crippen LogP contribution is -2.49. The van der Waals surface area contributed by atoms with Gasteiger partial charge in [-0.2, -0.15) is 0 Å². The third-order valence-corrected chi connectivity index (χ3v) is 4.96. The number of amides is 1. The van der Waals surface area contributed by atoms with Gasteiger partial charge in [-0.1, -0.05) is 79.8 Å². The van der Waals surface area contributed by atoms with Gasteiger partial charge in [-0.25, -0.2) is 0 Å². The Hall–Kier alpha value is -1.42. The van der Waals surface area contributed by atoms with E-state index in [0.717, 1.165) is 22.4 Å². The SMILES string of the molecule is Cc1ccc(C)c(N[C@@H](NC(=O)c2ccc(C(C)(C)C)cc2)C(Cl)(Cl)Cl)c1. The molecule has 0 fully saturated rings. The van der Waals surface area contributed by atoms with E-state index < -0.39 is 9.96 Å². The summed E-state index contributed by atoms with van der Waals surface area (Å²) in [6.45, 7) is 10.3. The summed E-state index contributed by atoms with van der Waals surface area (Å²) in [6.07, 6.45) is -0.891. The van der Waals surface area contributed by atoms with Gasteiger partial charge in [0.15, 0.2) is 0 Å². The van der Waals surface area contributed by atoms with Gasteiger partial charge in [-0.3, -0.25) is 4.79 Å². The Morgan fingerprint density at radius 1 is 0.963 bits per heavy atom. The molecule has 27 heavy (non-hydrogen) atoms. The van der Waals surface area contributed by atoms with Gasteiger partial charge < -0.3 is 10.6 Å². The molecule has 3 nitrogen and oxygen atoms in total. The first kappa shape index (κ1) is 21.9. The third kappa shape index (κ3) is 6.03. The van der Waals surface area contributed by atoms with Crippen LogP contribution in [0.1, 0.15) is 47.8 Å². The second-order valence-corrected chi connectivity index (χ2v) is 10.1. The van der Waals surface area contributed by atoms with Crippen LogP contribution in [0.2, 0.25) is 0 Å². The Kier molecular flexibility index (Phi) is 6.72. The van der Waals surface area contributed by atoms with Crippen LogP contribution in [0.5, 0.6) is 0 Å². The fourth-order valence-corrected chi connectivity index (χ4v) is 2.91. The number of rotatable bonds is 4. The second kappa shape index (κ2) is 8.30. The number of aryl methyl sites for hydroxylation is 2. The molecule has 0 spiro atoms. The van der Waals surface area contributed by atoms with Gasteiger partial charge in [0.05, 0.1) is 0 Å². The fourth-order valence-electron chi connectivity index (χ4n) is 2.58. The van der Waals surface area contributed by atoms with Crippen molar-refractivity contribution in [1.82, 2.24) is 5.32 Å². The zero-order valence-corrected chi connectivity index (χ0v) is 18.4. The first-order valence-corrected chi connectivity index (χ1v) is 9.83. The number of benzene rings is 2. The first-order valence-electron chi connectivity index (χ1n) is 8.70. The topological polar surface area (TPSA) is 41.1 Å². The molecule has 0 aliphatic carbocycles. The van der Waals surface area contributed by atoms with Crippen molar-refractivity contribution < 1.29 is 4.79 Å². The van der Waals surface area contributed by atoms with Crippen molar-refractivity contribution in [3.05, 3.63) is 64.7 Å². The van der Waals surface area contributed by atoms with Crippen molar-refractivity contribution >= 4 is 46.4 Å². The number of nitrogens with one attached hydrogen (secondary N) is 2. The third-order valence-electron chi connectivity index (χ3n) is 4.31. The van der Waals surface area contributed by atoms with Crippen LogP contribution in [0.4, 0.5) is 5.69 Å². The minimum atomic E-state index is -1.73. The van der Waals surface area contributed by atoms with Crippen LogP contribution in [-0.4, -0.2) is 15.9 Å².